The zero-order chi connectivity index (χ0) is 17.7. The van der Waals surface area contributed by atoms with Gasteiger partial charge >= 0.3 is 0 Å². The number of allylic oxidation sites excluding steroid dienone is 1. The zero-order valence-corrected chi connectivity index (χ0v) is 14.8. The van der Waals surface area contributed by atoms with Gasteiger partial charge in [0.25, 0.3) is 0 Å². The van der Waals surface area contributed by atoms with Crippen LogP contribution in [-0.4, -0.2) is 23.9 Å². The average Bonchev–Trinajstić information content (AvgIpc) is 2.53. The first-order chi connectivity index (χ1) is 11.4. The van der Waals surface area contributed by atoms with Crippen molar-refractivity contribution >= 4 is 39.4 Å². The van der Waals surface area contributed by atoms with Gasteiger partial charge in [0, 0.05) is 22.6 Å². The molecule has 0 aliphatic carbocycles. The normalized spacial score (nSPS) is 10.6. The van der Waals surface area contributed by atoms with E-state index in [1.54, 1.807) is 36.4 Å². The number of nitrogens with one attached hydrogen (secondary N) is 1. The van der Waals surface area contributed by atoms with Gasteiger partial charge in [-0.3, -0.25) is 9.59 Å². The summed E-state index contributed by atoms with van der Waals surface area (Å²) in [6.45, 7) is 1.41. The van der Waals surface area contributed by atoms with Crippen LogP contribution in [0.4, 0.5) is 5.69 Å². The predicted octanol–water partition coefficient (Wildman–Crippen LogP) is 4.02. The first-order valence-electron chi connectivity index (χ1n) is 7.07. The molecule has 0 saturated carbocycles. The lowest BCUT2D eigenvalue weighted by Gasteiger charge is -2.06. The van der Waals surface area contributed by atoms with Gasteiger partial charge in [-0.15, -0.1) is 0 Å². The van der Waals surface area contributed by atoms with Crippen LogP contribution in [-0.2, 0) is 4.79 Å². The molecule has 5 nitrogen and oxygen atoms in total. The lowest BCUT2D eigenvalue weighted by Crippen LogP contribution is -2.06. The fraction of sp³-hybridized carbons (Fsp3) is 0.111. The van der Waals surface area contributed by atoms with E-state index >= 15 is 0 Å². The first-order valence-corrected chi connectivity index (χ1v) is 7.86. The first kappa shape index (κ1) is 17.7. The molecule has 0 spiro atoms. The van der Waals surface area contributed by atoms with E-state index in [1.807, 2.05) is 0 Å². The highest BCUT2D eigenvalue weighted by atomic mass is 79.9. The molecule has 6 heteroatoms. The van der Waals surface area contributed by atoms with Crippen molar-refractivity contribution in [3.05, 3.63) is 58.1 Å². The van der Waals surface area contributed by atoms with Crippen molar-refractivity contribution in [2.75, 3.05) is 12.4 Å². The lowest BCUT2D eigenvalue weighted by atomic mass is 10.1. The molecular weight excluding hydrogens is 374 g/mol. The largest absolute Gasteiger partial charge is 0.504 e. The van der Waals surface area contributed by atoms with Gasteiger partial charge in [0.2, 0.25) is 5.91 Å². The van der Waals surface area contributed by atoms with Crippen LogP contribution in [0.25, 0.3) is 6.08 Å². The Kier molecular flexibility index (Phi) is 5.76. The number of ether oxygens (including phenoxy) is 1. The van der Waals surface area contributed by atoms with E-state index in [1.165, 1.54) is 26.2 Å². The third-order valence-corrected chi connectivity index (χ3v) is 3.87. The summed E-state index contributed by atoms with van der Waals surface area (Å²) < 4.78 is 5.69. The second kappa shape index (κ2) is 7.79. The molecule has 2 aromatic carbocycles. The van der Waals surface area contributed by atoms with Gasteiger partial charge < -0.3 is 15.2 Å². The average molecular weight is 390 g/mol. The number of anilines is 1. The van der Waals surface area contributed by atoms with Crippen molar-refractivity contribution in [2.45, 2.75) is 6.92 Å². The van der Waals surface area contributed by atoms with Gasteiger partial charge in [-0.2, -0.15) is 0 Å². The van der Waals surface area contributed by atoms with E-state index in [2.05, 4.69) is 21.2 Å². The number of halogens is 1. The number of carbonyl (C=O) groups is 2. The minimum atomic E-state index is -0.207. The summed E-state index contributed by atoms with van der Waals surface area (Å²) in [5.74, 6) is -0.0785. The summed E-state index contributed by atoms with van der Waals surface area (Å²) in [6, 6.07) is 9.82. The second-order valence-corrected chi connectivity index (χ2v) is 5.86. The lowest BCUT2D eigenvalue weighted by molar-refractivity contribution is -0.114. The molecule has 0 saturated heterocycles. The number of carbonyl (C=O) groups excluding carboxylic acids is 2. The summed E-state index contributed by atoms with van der Waals surface area (Å²) in [5, 5.41) is 12.3. The minimum Gasteiger partial charge on any atom is -0.504 e. The van der Waals surface area contributed by atoms with Gasteiger partial charge in [-0.25, -0.2) is 0 Å². The molecule has 2 rings (SSSR count). The third kappa shape index (κ3) is 4.45. The van der Waals surface area contributed by atoms with Gasteiger partial charge in [-0.05, 0) is 42.0 Å². The molecule has 0 fully saturated rings. The Labute approximate surface area is 148 Å². The molecule has 2 N–H and O–H groups in total. The minimum absolute atomic E-state index is 0.0101. The smallest absolute Gasteiger partial charge is 0.221 e. The van der Waals surface area contributed by atoms with Crippen molar-refractivity contribution < 1.29 is 19.4 Å². The molecule has 0 heterocycles. The third-order valence-electron chi connectivity index (χ3n) is 3.18. The van der Waals surface area contributed by atoms with E-state index in [0.717, 1.165) is 0 Å². The molecule has 124 valence electrons. The van der Waals surface area contributed by atoms with E-state index in [4.69, 9.17) is 4.74 Å². The molecule has 2 aromatic rings. The Morgan fingerprint density at radius 3 is 2.67 bits per heavy atom. The van der Waals surface area contributed by atoms with Crippen LogP contribution in [0.3, 0.4) is 0 Å². The number of aromatic hydroxyl groups is 1. The topological polar surface area (TPSA) is 75.6 Å². The molecular formula is C18H16BrNO4. The molecule has 0 unspecified atom stereocenters. The molecule has 0 atom stereocenters. The Bertz CT molecular complexity index is 815. The zero-order valence-electron chi connectivity index (χ0n) is 13.2. The number of hydrogen-bond donors (Lipinski definition) is 2. The number of methoxy groups -OCH3 is 1. The summed E-state index contributed by atoms with van der Waals surface area (Å²) in [5.41, 5.74) is 1.71. The van der Waals surface area contributed by atoms with Gasteiger partial charge in [0.15, 0.2) is 17.3 Å². The van der Waals surface area contributed by atoms with Crippen LogP contribution in [0.5, 0.6) is 11.5 Å². The number of hydrogen-bond acceptors (Lipinski definition) is 4. The van der Waals surface area contributed by atoms with Gasteiger partial charge in [0.05, 0.1) is 7.11 Å². The standard InChI is InChI=1S/C18H16BrNO4/c1-11(21)20-14-5-3-4-13(8-14)16(22)7-6-12-9-18(24-2)17(23)10-15(12)19/h3-10,23H,1-2H3,(H,20,21). The molecule has 0 bridgehead atoms. The summed E-state index contributed by atoms with van der Waals surface area (Å²) >= 11 is 3.33. The summed E-state index contributed by atoms with van der Waals surface area (Å²) in [4.78, 5) is 23.4. The van der Waals surface area contributed by atoms with Crippen LogP contribution in [0.1, 0.15) is 22.8 Å². The summed E-state index contributed by atoms with van der Waals surface area (Å²) in [7, 11) is 1.45. The van der Waals surface area contributed by atoms with E-state index < -0.39 is 0 Å². The van der Waals surface area contributed by atoms with Crippen LogP contribution in [0, 0.1) is 0 Å². The highest BCUT2D eigenvalue weighted by Crippen LogP contribution is 2.33. The number of ketones is 1. The number of amides is 1. The van der Waals surface area contributed by atoms with E-state index in [-0.39, 0.29) is 17.4 Å². The molecule has 1 amide bonds. The summed E-state index contributed by atoms with van der Waals surface area (Å²) in [6.07, 6.45) is 3.04. The maximum atomic E-state index is 12.3. The highest BCUT2D eigenvalue weighted by molar-refractivity contribution is 9.10. The quantitative estimate of drug-likeness (QED) is 0.598. The SMILES string of the molecule is COc1cc(C=CC(=O)c2cccc(NC(C)=O)c2)c(Br)cc1O. The van der Waals surface area contributed by atoms with E-state index in [0.29, 0.717) is 27.0 Å². The van der Waals surface area contributed by atoms with Crippen LogP contribution < -0.4 is 10.1 Å². The van der Waals surface area contributed by atoms with Crippen molar-refractivity contribution in [1.82, 2.24) is 0 Å². The number of phenols is 1. The number of phenolic OH excluding ortho intramolecular Hbond substituents is 1. The Balaban J connectivity index is 2.23. The fourth-order valence-corrected chi connectivity index (χ4v) is 2.53. The van der Waals surface area contributed by atoms with Crippen LogP contribution in [0.2, 0.25) is 0 Å². The molecule has 0 aromatic heterocycles. The highest BCUT2D eigenvalue weighted by Gasteiger charge is 2.08. The van der Waals surface area contributed by atoms with Crippen molar-refractivity contribution in [3.63, 3.8) is 0 Å². The van der Waals surface area contributed by atoms with Crippen LogP contribution >= 0.6 is 15.9 Å². The number of benzene rings is 2. The fourth-order valence-electron chi connectivity index (χ4n) is 2.07. The number of rotatable bonds is 5. The second-order valence-electron chi connectivity index (χ2n) is 5.01. The monoisotopic (exact) mass is 389 g/mol. The Hall–Kier alpha value is -2.60. The van der Waals surface area contributed by atoms with Gasteiger partial charge in [-0.1, -0.05) is 28.1 Å². The van der Waals surface area contributed by atoms with Crippen molar-refractivity contribution in [1.29, 1.82) is 0 Å². The maximum absolute atomic E-state index is 12.3. The Morgan fingerprint density at radius 1 is 1.25 bits per heavy atom. The van der Waals surface area contributed by atoms with Gasteiger partial charge in [0.1, 0.15) is 0 Å². The van der Waals surface area contributed by atoms with Crippen molar-refractivity contribution in [3.8, 4) is 11.5 Å². The van der Waals surface area contributed by atoms with Crippen LogP contribution in [0.15, 0.2) is 46.9 Å². The molecule has 0 aliphatic rings. The Morgan fingerprint density at radius 2 is 2.00 bits per heavy atom. The molecule has 24 heavy (non-hydrogen) atoms. The van der Waals surface area contributed by atoms with Crippen molar-refractivity contribution in [2.24, 2.45) is 0 Å². The van der Waals surface area contributed by atoms with E-state index in [9.17, 15) is 14.7 Å². The molecule has 0 radical (unpaired) electrons. The predicted molar refractivity (Wildman–Crippen MR) is 96.5 cm³/mol. The maximum Gasteiger partial charge on any atom is 0.221 e. The molecule has 0 aliphatic heterocycles.